The van der Waals surface area contributed by atoms with E-state index in [-0.39, 0.29) is 5.91 Å². The van der Waals surface area contributed by atoms with E-state index in [2.05, 4.69) is 4.98 Å². The predicted molar refractivity (Wildman–Crippen MR) is 61.8 cm³/mol. The summed E-state index contributed by atoms with van der Waals surface area (Å²) in [6, 6.07) is -0.723. The lowest BCUT2D eigenvalue weighted by Crippen LogP contribution is -2.41. The number of carbonyl (C=O) groups excluding carboxylic acids is 1. The third kappa shape index (κ3) is 2.05. The lowest BCUT2D eigenvalue weighted by Gasteiger charge is -2.18. The maximum atomic E-state index is 12.0. The number of amides is 1. The van der Waals surface area contributed by atoms with E-state index in [1.807, 2.05) is 6.92 Å². The second kappa shape index (κ2) is 4.42. The van der Waals surface area contributed by atoms with Crippen LogP contribution in [0.5, 0.6) is 0 Å². The molecule has 0 bridgehead atoms. The number of carboxylic acid groups (broad SMARTS) is 1. The highest BCUT2D eigenvalue weighted by atomic mass is 32.2. The minimum atomic E-state index is -0.953. The second-order valence-corrected chi connectivity index (χ2v) is 5.44. The number of carbonyl (C=O) groups is 2. The summed E-state index contributed by atoms with van der Waals surface area (Å²) in [5.74, 6) is -0.372. The summed E-state index contributed by atoms with van der Waals surface area (Å²) in [4.78, 5) is 28.3. The SMILES string of the molecule is Cc1nc(C(=O)N2CSC[C@H]2C(=O)O)cs1. The molecule has 0 unspecified atom stereocenters. The van der Waals surface area contributed by atoms with Crippen LogP contribution >= 0.6 is 23.1 Å². The van der Waals surface area contributed by atoms with Crippen LogP contribution in [-0.4, -0.2) is 44.5 Å². The van der Waals surface area contributed by atoms with E-state index >= 15 is 0 Å². The molecule has 1 saturated heterocycles. The Morgan fingerprint density at radius 2 is 2.38 bits per heavy atom. The molecule has 7 heteroatoms. The number of aliphatic carboxylic acids is 1. The van der Waals surface area contributed by atoms with Crippen LogP contribution in [0.3, 0.4) is 0 Å². The molecule has 1 atom stereocenters. The van der Waals surface area contributed by atoms with Crippen LogP contribution in [0.25, 0.3) is 0 Å². The number of hydrogen-bond acceptors (Lipinski definition) is 5. The average molecular weight is 258 g/mol. The molecule has 1 aromatic rings. The Balaban J connectivity index is 2.18. The molecule has 0 radical (unpaired) electrons. The molecule has 0 saturated carbocycles. The Morgan fingerprint density at radius 1 is 1.62 bits per heavy atom. The number of carboxylic acids is 1. The van der Waals surface area contributed by atoms with Gasteiger partial charge in [0, 0.05) is 11.1 Å². The number of aryl methyl sites for hydroxylation is 1. The molecular weight excluding hydrogens is 248 g/mol. The first-order chi connectivity index (χ1) is 7.59. The first kappa shape index (κ1) is 11.4. The minimum Gasteiger partial charge on any atom is -0.480 e. The maximum absolute atomic E-state index is 12.0. The van der Waals surface area contributed by atoms with Crippen LogP contribution in [0.2, 0.25) is 0 Å². The van der Waals surface area contributed by atoms with E-state index in [0.29, 0.717) is 17.3 Å². The normalized spacial score (nSPS) is 20.1. The molecule has 5 nitrogen and oxygen atoms in total. The van der Waals surface area contributed by atoms with Gasteiger partial charge >= 0.3 is 5.97 Å². The molecule has 1 aromatic heterocycles. The Hall–Kier alpha value is -1.08. The Morgan fingerprint density at radius 3 is 2.94 bits per heavy atom. The molecule has 1 fully saturated rings. The predicted octanol–water partition coefficient (Wildman–Crippen LogP) is 1.05. The molecule has 1 N–H and O–H groups in total. The van der Waals surface area contributed by atoms with Crippen molar-refractivity contribution < 1.29 is 14.7 Å². The second-order valence-electron chi connectivity index (χ2n) is 3.38. The molecule has 16 heavy (non-hydrogen) atoms. The monoisotopic (exact) mass is 258 g/mol. The smallest absolute Gasteiger partial charge is 0.327 e. The topological polar surface area (TPSA) is 70.5 Å². The van der Waals surface area contributed by atoms with Gasteiger partial charge in [0.25, 0.3) is 5.91 Å². The molecule has 2 heterocycles. The fraction of sp³-hybridized carbons (Fsp3) is 0.444. The van der Waals surface area contributed by atoms with Crippen molar-refractivity contribution in [2.45, 2.75) is 13.0 Å². The van der Waals surface area contributed by atoms with Gasteiger partial charge in [-0.15, -0.1) is 23.1 Å². The van der Waals surface area contributed by atoms with Crippen LogP contribution < -0.4 is 0 Å². The number of thioether (sulfide) groups is 1. The van der Waals surface area contributed by atoms with E-state index in [4.69, 9.17) is 5.11 Å². The van der Waals surface area contributed by atoms with Gasteiger partial charge in [-0.05, 0) is 6.92 Å². The summed E-state index contributed by atoms with van der Waals surface area (Å²) in [6.07, 6.45) is 0. The van der Waals surface area contributed by atoms with E-state index in [0.717, 1.165) is 5.01 Å². The highest BCUT2D eigenvalue weighted by molar-refractivity contribution is 7.99. The van der Waals surface area contributed by atoms with Crippen molar-refractivity contribution in [1.29, 1.82) is 0 Å². The van der Waals surface area contributed by atoms with Gasteiger partial charge in [-0.25, -0.2) is 9.78 Å². The van der Waals surface area contributed by atoms with Crippen molar-refractivity contribution in [3.05, 3.63) is 16.1 Å². The molecule has 86 valence electrons. The van der Waals surface area contributed by atoms with Gasteiger partial charge in [-0.2, -0.15) is 0 Å². The number of thiazole rings is 1. The van der Waals surface area contributed by atoms with Gasteiger partial charge in [0.2, 0.25) is 0 Å². The van der Waals surface area contributed by atoms with Crippen molar-refractivity contribution in [1.82, 2.24) is 9.88 Å². The fourth-order valence-corrected chi connectivity index (χ4v) is 3.19. The molecule has 2 rings (SSSR count). The zero-order valence-electron chi connectivity index (χ0n) is 8.54. The number of hydrogen-bond donors (Lipinski definition) is 1. The molecule has 0 aliphatic carbocycles. The summed E-state index contributed by atoms with van der Waals surface area (Å²) in [5.41, 5.74) is 0.344. The maximum Gasteiger partial charge on any atom is 0.327 e. The summed E-state index contributed by atoms with van der Waals surface area (Å²) in [6.45, 7) is 1.81. The van der Waals surface area contributed by atoms with E-state index in [1.54, 1.807) is 5.38 Å². The summed E-state index contributed by atoms with van der Waals surface area (Å²) in [7, 11) is 0. The number of rotatable bonds is 2. The Kier molecular flexibility index (Phi) is 3.15. The summed E-state index contributed by atoms with van der Waals surface area (Å²) in [5, 5.41) is 11.4. The largest absolute Gasteiger partial charge is 0.480 e. The molecule has 1 aliphatic rings. The van der Waals surface area contributed by atoms with Gasteiger partial charge in [0.1, 0.15) is 11.7 Å². The van der Waals surface area contributed by atoms with Crippen LogP contribution in [0.15, 0.2) is 5.38 Å². The van der Waals surface area contributed by atoms with Crippen molar-refractivity contribution in [2.75, 3.05) is 11.6 Å². The molecule has 0 aromatic carbocycles. The summed E-state index contributed by atoms with van der Waals surface area (Å²) < 4.78 is 0. The quantitative estimate of drug-likeness (QED) is 0.858. The van der Waals surface area contributed by atoms with Gasteiger partial charge in [-0.1, -0.05) is 0 Å². The van der Waals surface area contributed by atoms with Crippen LogP contribution in [0.4, 0.5) is 0 Å². The molecule has 0 spiro atoms. The van der Waals surface area contributed by atoms with Crippen molar-refractivity contribution in [3.8, 4) is 0 Å². The highest BCUT2D eigenvalue weighted by Gasteiger charge is 2.35. The van der Waals surface area contributed by atoms with Crippen molar-refractivity contribution >= 4 is 35.0 Å². The van der Waals surface area contributed by atoms with Crippen LogP contribution in [0, 0.1) is 6.92 Å². The summed E-state index contributed by atoms with van der Waals surface area (Å²) >= 11 is 2.84. The average Bonchev–Trinajstić information content (AvgIpc) is 2.84. The van der Waals surface area contributed by atoms with Gasteiger partial charge in [0.05, 0.1) is 10.9 Å². The zero-order chi connectivity index (χ0) is 11.7. The first-order valence-electron chi connectivity index (χ1n) is 4.63. The number of nitrogens with zero attached hydrogens (tertiary/aromatic N) is 2. The third-order valence-corrected chi connectivity index (χ3v) is 4.05. The third-order valence-electron chi connectivity index (χ3n) is 2.27. The Labute approximate surface area is 100 Å². The molecular formula is C9H10N2O3S2. The molecule has 1 aliphatic heterocycles. The van der Waals surface area contributed by atoms with Crippen LogP contribution in [-0.2, 0) is 4.79 Å². The van der Waals surface area contributed by atoms with E-state index in [9.17, 15) is 9.59 Å². The lowest BCUT2D eigenvalue weighted by molar-refractivity contribution is -0.140. The van der Waals surface area contributed by atoms with Crippen molar-refractivity contribution in [2.24, 2.45) is 0 Å². The van der Waals surface area contributed by atoms with Crippen LogP contribution in [0.1, 0.15) is 15.5 Å². The molecule has 1 amide bonds. The zero-order valence-corrected chi connectivity index (χ0v) is 10.2. The van der Waals surface area contributed by atoms with E-state index < -0.39 is 12.0 Å². The van der Waals surface area contributed by atoms with E-state index in [1.165, 1.54) is 28.0 Å². The van der Waals surface area contributed by atoms with Gasteiger partial charge in [-0.3, -0.25) is 4.79 Å². The number of aromatic nitrogens is 1. The standard InChI is InChI=1S/C9H10N2O3S2/c1-5-10-6(2-16-5)8(12)11-4-15-3-7(11)9(13)14/h2,7H,3-4H2,1H3,(H,13,14)/t7-/m0/s1. The first-order valence-corrected chi connectivity index (χ1v) is 6.66. The van der Waals surface area contributed by atoms with Crippen molar-refractivity contribution in [3.63, 3.8) is 0 Å². The van der Waals surface area contributed by atoms with Gasteiger partial charge in [0.15, 0.2) is 0 Å². The lowest BCUT2D eigenvalue weighted by atomic mass is 10.3. The minimum absolute atomic E-state index is 0.290. The fourth-order valence-electron chi connectivity index (χ4n) is 1.46. The Bertz CT molecular complexity index is 432. The highest BCUT2D eigenvalue weighted by Crippen LogP contribution is 2.23. The van der Waals surface area contributed by atoms with Gasteiger partial charge < -0.3 is 10.0 Å².